The molecule has 2 aromatic rings. The molecule has 18 heavy (non-hydrogen) atoms. The first kappa shape index (κ1) is 12.5. The lowest BCUT2D eigenvalue weighted by molar-refractivity contribution is 0.624. The van der Waals surface area contributed by atoms with Crippen molar-refractivity contribution in [1.82, 2.24) is 4.98 Å². The predicted octanol–water partition coefficient (Wildman–Crippen LogP) is 4.02. The van der Waals surface area contributed by atoms with Crippen molar-refractivity contribution in [3.8, 4) is 6.07 Å². The van der Waals surface area contributed by atoms with Crippen molar-refractivity contribution in [3.05, 3.63) is 40.7 Å². The van der Waals surface area contributed by atoms with Crippen LogP contribution in [0.5, 0.6) is 0 Å². The minimum Gasteiger partial charge on any atom is -0.330 e. The van der Waals surface area contributed by atoms with Crippen molar-refractivity contribution in [2.45, 2.75) is 19.8 Å². The molecule has 0 aliphatic heterocycles. The van der Waals surface area contributed by atoms with E-state index in [9.17, 15) is 4.39 Å². The van der Waals surface area contributed by atoms with E-state index in [0.717, 1.165) is 5.69 Å². The Labute approximate surface area is 109 Å². The minimum atomic E-state index is -0.525. The van der Waals surface area contributed by atoms with Gasteiger partial charge in [-0.1, -0.05) is 19.9 Å². The van der Waals surface area contributed by atoms with E-state index in [1.54, 1.807) is 12.1 Å². The molecule has 3 nitrogen and oxygen atoms in total. The van der Waals surface area contributed by atoms with Crippen LogP contribution in [0.4, 0.5) is 15.2 Å². The molecule has 0 amide bonds. The van der Waals surface area contributed by atoms with Gasteiger partial charge in [0.05, 0.1) is 11.4 Å². The molecule has 1 aromatic heterocycles. The zero-order chi connectivity index (χ0) is 13.1. The average Bonchev–Trinajstić information content (AvgIpc) is 2.78. The SMILES string of the molecule is CC(C)c1csc(Nc2cccc(F)c2C#N)n1. The maximum atomic E-state index is 13.4. The lowest BCUT2D eigenvalue weighted by Crippen LogP contribution is -1.96. The number of benzene rings is 1. The Morgan fingerprint density at radius 3 is 2.83 bits per heavy atom. The van der Waals surface area contributed by atoms with Gasteiger partial charge in [-0.05, 0) is 18.1 Å². The molecule has 0 fully saturated rings. The summed E-state index contributed by atoms with van der Waals surface area (Å²) < 4.78 is 13.4. The lowest BCUT2D eigenvalue weighted by atomic mass is 10.2. The Kier molecular flexibility index (Phi) is 3.58. The molecule has 0 aliphatic rings. The summed E-state index contributed by atoms with van der Waals surface area (Å²) in [6.45, 7) is 4.11. The molecule has 0 saturated carbocycles. The smallest absolute Gasteiger partial charge is 0.187 e. The Hall–Kier alpha value is -1.93. The van der Waals surface area contributed by atoms with E-state index in [0.29, 0.717) is 16.7 Å². The zero-order valence-electron chi connectivity index (χ0n) is 10.1. The summed E-state index contributed by atoms with van der Waals surface area (Å²) >= 11 is 1.44. The van der Waals surface area contributed by atoms with E-state index in [2.05, 4.69) is 24.1 Å². The fourth-order valence-electron chi connectivity index (χ4n) is 1.47. The van der Waals surface area contributed by atoms with Gasteiger partial charge in [-0.2, -0.15) is 5.26 Å². The number of nitrogens with zero attached hydrogens (tertiary/aromatic N) is 2. The number of anilines is 2. The van der Waals surface area contributed by atoms with Gasteiger partial charge in [0.1, 0.15) is 17.4 Å². The van der Waals surface area contributed by atoms with Gasteiger partial charge in [-0.15, -0.1) is 11.3 Å². The van der Waals surface area contributed by atoms with Crippen LogP contribution in [0.25, 0.3) is 0 Å². The molecule has 1 N–H and O–H groups in total. The fourth-order valence-corrected chi connectivity index (χ4v) is 2.35. The first-order valence-electron chi connectivity index (χ1n) is 5.53. The number of halogens is 1. The van der Waals surface area contributed by atoms with Gasteiger partial charge in [-0.3, -0.25) is 0 Å². The molecule has 0 saturated heterocycles. The summed E-state index contributed by atoms with van der Waals surface area (Å²) in [6.07, 6.45) is 0. The second-order valence-electron chi connectivity index (χ2n) is 4.13. The van der Waals surface area contributed by atoms with Gasteiger partial charge >= 0.3 is 0 Å². The Bertz CT molecular complexity index is 599. The van der Waals surface area contributed by atoms with Crippen LogP contribution in [0.1, 0.15) is 31.0 Å². The third-order valence-corrected chi connectivity index (χ3v) is 3.26. The van der Waals surface area contributed by atoms with Crippen LogP contribution in [-0.4, -0.2) is 4.98 Å². The molecule has 0 unspecified atom stereocenters. The van der Waals surface area contributed by atoms with E-state index in [1.807, 2.05) is 11.4 Å². The summed E-state index contributed by atoms with van der Waals surface area (Å²) in [6, 6.07) is 6.35. The maximum absolute atomic E-state index is 13.4. The molecule has 92 valence electrons. The van der Waals surface area contributed by atoms with Crippen molar-refractivity contribution >= 4 is 22.2 Å². The van der Waals surface area contributed by atoms with Gasteiger partial charge in [0.2, 0.25) is 0 Å². The molecule has 0 aliphatic carbocycles. The summed E-state index contributed by atoms with van der Waals surface area (Å²) in [5.74, 6) is -0.178. The maximum Gasteiger partial charge on any atom is 0.187 e. The number of rotatable bonds is 3. The molecule has 2 rings (SSSR count). The number of hydrogen-bond donors (Lipinski definition) is 1. The standard InChI is InChI=1S/C13H12FN3S/c1-8(2)12-7-18-13(17-12)16-11-5-3-4-10(14)9(11)6-15/h3-5,7-8H,1-2H3,(H,16,17). The van der Waals surface area contributed by atoms with Crippen molar-refractivity contribution in [3.63, 3.8) is 0 Å². The van der Waals surface area contributed by atoms with E-state index in [-0.39, 0.29) is 5.56 Å². The highest BCUT2D eigenvalue weighted by atomic mass is 32.1. The minimum absolute atomic E-state index is 0.0128. The van der Waals surface area contributed by atoms with E-state index >= 15 is 0 Å². The number of aromatic nitrogens is 1. The normalized spacial score (nSPS) is 10.4. The highest BCUT2D eigenvalue weighted by molar-refractivity contribution is 7.13. The Morgan fingerprint density at radius 2 is 2.22 bits per heavy atom. The molecule has 0 spiro atoms. The van der Waals surface area contributed by atoms with Crippen LogP contribution in [0, 0.1) is 17.1 Å². The van der Waals surface area contributed by atoms with Crippen LogP contribution >= 0.6 is 11.3 Å². The summed E-state index contributed by atoms with van der Waals surface area (Å²) in [5, 5.41) is 14.5. The molecular weight excluding hydrogens is 249 g/mol. The molecule has 5 heteroatoms. The van der Waals surface area contributed by atoms with Crippen molar-refractivity contribution in [1.29, 1.82) is 5.26 Å². The van der Waals surface area contributed by atoms with Crippen molar-refractivity contribution in [2.75, 3.05) is 5.32 Å². The van der Waals surface area contributed by atoms with Crippen LogP contribution in [0.2, 0.25) is 0 Å². The molecular formula is C13H12FN3S. The summed E-state index contributed by atoms with van der Waals surface area (Å²) in [7, 11) is 0. The predicted molar refractivity (Wildman–Crippen MR) is 70.6 cm³/mol. The second-order valence-corrected chi connectivity index (χ2v) is 4.99. The largest absolute Gasteiger partial charge is 0.330 e. The van der Waals surface area contributed by atoms with Crippen LogP contribution in [0.15, 0.2) is 23.6 Å². The number of hydrogen-bond acceptors (Lipinski definition) is 4. The summed E-state index contributed by atoms with van der Waals surface area (Å²) in [4.78, 5) is 4.39. The van der Waals surface area contributed by atoms with Gasteiger partial charge in [-0.25, -0.2) is 9.37 Å². The molecule has 1 heterocycles. The Morgan fingerprint density at radius 1 is 1.44 bits per heavy atom. The molecule has 0 atom stereocenters. The van der Waals surface area contributed by atoms with E-state index in [1.165, 1.54) is 17.4 Å². The average molecular weight is 261 g/mol. The van der Waals surface area contributed by atoms with Crippen molar-refractivity contribution < 1.29 is 4.39 Å². The van der Waals surface area contributed by atoms with Crippen LogP contribution in [-0.2, 0) is 0 Å². The van der Waals surface area contributed by atoms with Gasteiger partial charge in [0.15, 0.2) is 5.13 Å². The number of thiazole rings is 1. The van der Waals surface area contributed by atoms with E-state index in [4.69, 9.17) is 5.26 Å². The topological polar surface area (TPSA) is 48.7 Å². The van der Waals surface area contributed by atoms with Crippen LogP contribution < -0.4 is 5.32 Å². The van der Waals surface area contributed by atoms with Gasteiger partial charge in [0, 0.05) is 5.38 Å². The third-order valence-electron chi connectivity index (χ3n) is 2.48. The highest BCUT2D eigenvalue weighted by Gasteiger charge is 2.10. The number of nitriles is 1. The Balaban J connectivity index is 2.29. The van der Waals surface area contributed by atoms with E-state index < -0.39 is 5.82 Å². The molecule has 1 aromatic carbocycles. The molecule has 0 radical (unpaired) electrons. The molecule has 0 bridgehead atoms. The first-order valence-corrected chi connectivity index (χ1v) is 6.41. The quantitative estimate of drug-likeness (QED) is 0.907. The summed E-state index contributed by atoms with van der Waals surface area (Å²) in [5.41, 5.74) is 1.44. The highest BCUT2D eigenvalue weighted by Crippen LogP contribution is 2.27. The number of nitrogens with one attached hydrogen (secondary N) is 1. The van der Waals surface area contributed by atoms with Gasteiger partial charge in [0.25, 0.3) is 0 Å². The van der Waals surface area contributed by atoms with Crippen molar-refractivity contribution in [2.24, 2.45) is 0 Å². The fraction of sp³-hybridized carbons (Fsp3) is 0.231. The van der Waals surface area contributed by atoms with Gasteiger partial charge < -0.3 is 5.32 Å². The first-order chi connectivity index (χ1) is 8.61. The third kappa shape index (κ3) is 2.49. The lowest BCUT2D eigenvalue weighted by Gasteiger charge is -2.05. The monoisotopic (exact) mass is 261 g/mol. The zero-order valence-corrected chi connectivity index (χ0v) is 10.9. The second kappa shape index (κ2) is 5.15. The van der Waals surface area contributed by atoms with Crippen LogP contribution in [0.3, 0.4) is 0 Å².